The molecule has 0 bridgehead atoms. The monoisotopic (exact) mass is 194 g/mol. The Labute approximate surface area is 82.3 Å². The highest BCUT2D eigenvalue weighted by Crippen LogP contribution is 2.14. The molecule has 1 aromatic heterocycles. The molecule has 1 saturated heterocycles. The first-order chi connectivity index (χ1) is 6.77. The number of aryl methyl sites for hydroxylation is 1. The van der Waals surface area contributed by atoms with Crippen molar-refractivity contribution in [2.45, 2.75) is 13.0 Å². The van der Waals surface area contributed by atoms with Gasteiger partial charge in [-0.05, 0) is 18.6 Å². The third-order valence-corrected chi connectivity index (χ3v) is 2.44. The van der Waals surface area contributed by atoms with Crippen LogP contribution in [-0.4, -0.2) is 24.7 Å². The summed E-state index contributed by atoms with van der Waals surface area (Å²) >= 11 is 0. The van der Waals surface area contributed by atoms with Crippen molar-refractivity contribution in [1.29, 1.82) is 0 Å². The number of hydrogen-bond donors (Lipinski definition) is 2. The second kappa shape index (κ2) is 3.94. The zero-order valence-corrected chi connectivity index (χ0v) is 8.17. The smallest absolute Gasteiger partial charge is 0.250 e. The van der Waals surface area contributed by atoms with Crippen LogP contribution in [0.5, 0.6) is 0 Å². The van der Waals surface area contributed by atoms with E-state index in [0.717, 1.165) is 24.3 Å². The molecule has 0 unspecified atom stereocenters. The molecule has 1 fully saturated rings. The second-order valence-electron chi connectivity index (χ2n) is 3.53. The zero-order chi connectivity index (χ0) is 9.97. The van der Waals surface area contributed by atoms with Crippen LogP contribution in [0.1, 0.15) is 17.2 Å². The Kier molecular flexibility index (Phi) is 2.65. The molecule has 0 spiro atoms. The van der Waals surface area contributed by atoms with Crippen molar-refractivity contribution in [3.05, 3.63) is 33.7 Å². The molecule has 1 aliphatic heterocycles. The number of nitrogens with one attached hydrogen (secondary N) is 2. The number of ether oxygens (including phenoxy) is 1. The van der Waals surface area contributed by atoms with Crippen molar-refractivity contribution in [2.24, 2.45) is 0 Å². The summed E-state index contributed by atoms with van der Waals surface area (Å²) in [4.78, 5) is 13.9. The topological polar surface area (TPSA) is 54.1 Å². The van der Waals surface area contributed by atoms with Crippen LogP contribution < -0.4 is 10.9 Å². The summed E-state index contributed by atoms with van der Waals surface area (Å²) in [6.07, 6.45) is 1.75. The predicted octanol–water partition coefficient (Wildman–Crippen LogP) is 0.344. The fraction of sp³-hybridized carbons (Fsp3) is 0.500. The average Bonchev–Trinajstić information content (AvgIpc) is 2.23. The number of aromatic nitrogens is 1. The van der Waals surface area contributed by atoms with Crippen molar-refractivity contribution >= 4 is 0 Å². The molecule has 0 saturated carbocycles. The molecule has 0 aromatic carbocycles. The summed E-state index contributed by atoms with van der Waals surface area (Å²) in [7, 11) is 0. The van der Waals surface area contributed by atoms with Gasteiger partial charge in [0.2, 0.25) is 0 Å². The fourth-order valence-corrected chi connectivity index (χ4v) is 1.60. The Morgan fingerprint density at radius 2 is 2.43 bits per heavy atom. The third-order valence-electron chi connectivity index (χ3n) is 2.44. The van der Waals surface area contributed by atoms with Gasteiger partial charge in [0.05, 0.1) is 19.3 Å². The molecule has 2 heterocycles. The van der Waals surface area contributed by atoms with E-state index in [9.17, 15) is 4.79 Å². The minimum Gasteiger partial charge on any atom is -0.378 e. The largest absolute Gasteiger partial charge is 0.378 e. The first kappa shape index (κ1) is 9.43. The molecule has 4 nitrogen and oxygen atoms in total. The van der Waals surface area contributed by atoms with Crippen LogP contribution in [-0.2, 0) is 4.74 Å². The number of aromatic amines is 1. The number of pyridine rings is 1. The standard InChI is InChI=1S/C10H14N2O2/c1-7-4-8(5-12-10(7)13)9-6-14-3-2-11-9/h4-5,9,11H,2-3,6H2,1H3,(H,12,13)/t9-/m1/s1. The summed E-state index contributed by atoms with van der Waals surface area (Å²) in [5.74, 6) is 0. The molecule has 1 aliphatic rings. The molecule has 0 amide bonds. The van der Waals surface area contributed by atoms with Gasteiger partial charge in [0, 0.05) is 18.3 Å². The summed E-state index contributed by atoms with van der Waals surface area (Å²) < 4.78 is 5.35. The summed E-state index contributed by atoms with van der Waals surface area (Å²) in [6, 6.07) is 2.12. The van der Waals surface area contributed by atoms with Crippen LogP contribution in [0.3, 0.4) is 0 Å². The Morgan fingerprint density at radius 3 is 3.07 bits per heavy atom. The van der Waals surface area contributed by atoms with E-state index < -0.39 is 0 Å². The minimum atomic E-state index is -0.0227. The van der Waals surface area contributed by atoms with Crippen molar-refractivity contribution in [2.75, 3.05) is 19.8 Å². The normalized spacial score (nSPS) is 22.2. The quantitative estimate of drug-likeness (QED) is 0.678. The lowest BCUT2D eigenvalue weighted by Crippen LogP contribution is -2.35. The van der Waals surface area contributed by atoms with Gasteiger partial charge in [-0.3, -0.25) is 4.79 Å². The first-order valence-electron chi connectivity index (χ1n) is 4.78. The highest BCUT2D eigenvalue weighted by molar-refractivity contribution is 5.20. The van der Waals surface area contributed by atoms with Gasteiger partial charge in [-0.25, -0.2) is 0 Å². The molecule has 76 valence electrons. The van der Waals surface area contributed by atoms with Crippen molar-refractivity contribution in [1.82, 2.24) is 10.3 Å². The predicted molar refractivity (Wildman–Crippen MR) is 53.4 cm³/mol. The molecule has 14 heavy (non-hydrogen) atoms. The number of H-pyrrole nitrogens is 1. The zero-order valence-electron chi connectivity index (χ0n) is 8.17. The first-order valence-corrected chi connectivity index (χ1v) is 4.78. The Bertz CT molecular complexity index is 367. The van der Waals surface area contributed by atoms with Crippen LogP contribution in [0.4, 0.5) is 0 Å². The maximum absolute atomic E-state index is 11.1. The maximum Gasteiger partial charge on any atom is 0.250 e. The van der Waals surface area contributed by atoms with E-state index in [1.54, 1.807) is 6.20 Å². The highest BCUT2D eigenvalue weighted by Gasteiger charge is 2.15. The average molecular weight is 194 g/mol. The van der Waals surface area contributed by atoms with Crippen LogP contribution in [0.2, 0.25) is 0 Å². The van der Waals surface area contributed by atoms with Gasteiger partial charge in [0.1, 0.15) is 0 Å². The minimum absolute atomic E-state index is 0.0227. The van der Waals surface area contributed by atoms with Crippen LogP contribution in [0.25, 0.3) is 0 Å². The van der Waals surface area contributed by atoms with Crippen LogP contribution in [0.15, 0.2) is 17.1 Å². The molecular formula is C10H14N2O2. The third kappa shape index (κ3) is 1.86. The lowest BCUT2D eigenvalue weighted by atomic mass is 10.1. The number of morpholine rings is 1. The van der Waals surface area contributed by atoms with E-state index in [-0.39, 0.29) is 11.6 Å². The summed E-state index contributed by atoms with van der Waals surface area (Å²) in [5.41, 5.74) is 1.81. The Hall–Kier alpha value is -1.13. The lowest BCUT2D eigenvalue weighted by molar-refractivity contribution is 0.0767. The number of rotatable bonds is 1. The van der Waals surface area contributed by atoms with E-state index in [1.165, 1.54) is 0 Å². The van der Waals surface area contributed by atoms with Crippen LogP contribution in [0, 0.1) is 6.92 Å². The van der Waals surface area contributed by atoms with Gasteiger partial charge in [0.25, 0.3) is 5.56 Å². The molecule has 4 heteroatoms. The van der Waals surface area contributed by atoms with E-state index in [4.69, 9.17) is 4.74 Å². The van der Waals surface area contributed by atoms with Gasteiger partial charge in [-0.15, -0.1) is 0 Å². The van der Waals surface area contributed by atoms with Gasteiger partial charge < -0.3 is 15.0 Å². The van der Waals surface area contributed by atoms with Gasteiger partial charge >= 0.3 is 0 Å². The molecule has 0 radical (unpaired) electrons. The molecule has 1 aromatic rings. The molecule has 2 N–H and O–H groups in total. The van der Waals surface area contributed by atoms with Gasteiger partial charge in [-0.1, -0.05) is 0 Å². The Balaban J connectivity index is 2.22. The lowest BCUT2D eigenvalue weighted by Gasteiger charge is -2.24. The van der Waals surface area contributed by atoms with Crippen LogP contribution >= 0.6 is 0 Å². The molecule has 2 rings (SSSR count). The highest BCUT2D eigenvalue weighted by atomic mass is 16.5. The molecule has 1 atom stereocenters. The van der Waals surface area contributed by atoms with E-state index in [0.29, 0.717) is 6.61 Å². The van der Waals surface area contributed by atoms with E-state index >= 15 is 0 Å². The Morgan fingerprint density at radius 1 is 1.57 bits per heavy atom. The second-order valence-corrected chi connectivity index (χ2v) is 3.53. The molecular weight excluding hydrogens is 180 g/mol. The molecule has 0 aliphatic carbocycles. The summed E-state index contributed by atoms with van der Waals surface area (Å²) in [6.45, 7) is 4.11. The summed E-state index contributed by atoms with van der Waals surface area (Å²) in [5, 5.41) is 3.34. The van der Waals surface area contributed by atoms with Crippen molar-refractivity contribution in [3.63, 3.8) is 0 Å². The fourth-order valence-electron chi connectivity index (χ4n) is 1.60. The SMILES string of the molecule is Cc1cc([C@H]2COCCN2)c[nH]c1=O. The van der Waals surface area contributed by atoms with Gasteiger partial charge in [0.15, 0.2) is 0 Å². The maximum atomic E-state index is 11.1. The van der Waals surface area contributed by atoms with Crippen molar-refractivity contribution in [3.8, 4) is 0 Å². The van der Waals surface area contributed by atoms with E-state index in [2.05, 4.69) is 10.3 Å². The number of hydrogen-bond acceptors (Lipinski definition) is 3. The van der Waals surface area contributed by atoms with Gasteiger partial charge in [-0.2, -0.15) is 0 Å². The van der Waals surface area contributed by atoms with E-state index in [1.807, 2.05) is 13.0 Å². The van der Waals surface area contributed by atoms with Crippen molar-refractivity contribution < 1.29 is 4.74 Å².